The Morgan fingerprint density at radius 2 is 1.85 bits per heavy atom. The quantitative estimate of drug-likeness (QED) is 0.294. The lowest BCUT2D eigenvalue weighted by Crippen LogP contribution is -2.45. The first kappa shape index (κ1) is 24.6. The van der Waals surface area contributed by atoms with Gasteiger partial charge >= 0.3 is 0 Å². The van der Waals surface area contributed by atoms with Crippen LogP contribution in [0.5, 0.6) is 0 Å². The van der Waals surface area contributed by atoms with E-state index in [2.05, 4.69) is 15.6 Å². The Balaban J connectivity index is 0.00000625. The Morgan fingerprint density at radius 3 is 2.31 bits per heavy atom. The van der Waals surface area contributed by atoms with E-state index < -0.39 is 10.0 Å². The van der Waals surface area contributed by atoms with Gasteiger partial charge in [0.2, 0.25) is 15.9 Å². The van der Waals surface area contributed by atoms with Crippen molar-refractivity contribution >= 4 is 45.9 Å². The second-order valence-corrected chi connectivity index (χ2v) is 7.51. The van der Waals surface area contributed by atoms with Crippen molar-refractivity contribution in [2.75, 3.05) is 20.6 Å². The number of halogens is 1. The minimum Gasteiger partial charge on any atom is -0.354 e. The molecule has 0 bridgehead atoms. The van der Waals surface area contributed by atoms with Gasteiger partial charge in [0, 0.05) is 20.1 Å². The number of hydrogen-bond acceptors (Lipinski definition) is 4. The van der Waals surface area contributed by atoms with Crippen molar-refractivity contribution in [1.29, 1.82) is 0 Å². The molecule has 148 valence electrons. The molecule has 0 aromatic heterocycles. The zero-order chi connectivity index (χ0) is 19.0. The monoisotopic (exact) mass is 497 g/mol. The number of carbonyl (C=O) groups is 1. The predicted molar refractivity (Wildman–Crippen MR) is 114 cm³/mol. The van der Waals surface area contributed by atoms with E-state index in [1.165, 1.54) is 17.0 Å². The molecule has 8 nitrogen and oxygen atoms in total. The molecule has 10 heteroatoms. The third-order valence-corrected chi connectivity index (χ3v) is 4.50. The van der Waals surface area contributed by atoms with Gasteiger partial charge in [0.15, 0.2) is 5.96 Å². The van der Waals surface area contributed by atoms with Crippen molar-refractivity contribution in [2.24, 2.45) is 10.1 Å². The van der Waals surface area contributed by atoms with Crippen LogP contribution in [0.3, 0.4) is 0 Å². The van der Waals surface area contributed by atoms with Crippen LogP contribution in [0.25, 0.3) is 0 Å². The lowest BCUT2D eigenvalue weighted by molar-refractivity contribution is -0.127. The highest BCUT2D eigenvalue weighted by Crippen LogP contribution is 2.09. The molecule has 0 saturated heterocycles. The highest BCUT2D eigenvalue weighted by molar-refractivity contribution is 14.0. The summed E-state index contributed by atoms with van der Waals surface area (Å²) >= 11 is 0. The molecular weight excluding hydrogens is 469 g/mol. The van der Waals surface area contributed by atoms with Gasteiger partial charge in [0.05, 0.1) is 18.0 Å². The van der Waals surface area contributed by atoms with Gasteiger partial charge in [-0.1, -0.05) is 19.1 Å². The van der Waals surface area contributed by atoms with Crippen LogP contribution in [0.2, 0.25) is 0 Å². The van der Waals surface area contributed by atoms with Crippen LogP contribution in [0.4, 0.5) is 0 Å². The number of sulfonamides is 1. The Morgan fingerprint density at radius 1 is 1.27 bits per heavy atom. The van der Waals surface area contributed by atoms with Crippen LogP contribution < -0.4 is 15.8 Å². The van der Waals surface area contributed by atoms with Crippen LogP contribution in [0.15, 0.2) is 34.2 Å². The summed E-state index contributed by atoms with van der Waals surface area (Å²) in [6, 6.07) is 6.42. The molecule has 0 aliphatic carbocycles. The van der Waals surface area contributed by atoms with Crippen molar-refractivity contribution in [3.05, 3.63) is 29.8 Å². The lowest BCUT2D eigenvalue weighted by atomic mass is 10.2. The van der Waals surface area contributed by atoms with Gasteiger partial charge < -0.3 is 15.5 Å². The number of primary sulfonamides is 1. The summed E-state index contributed by atoms with van der Waals surface area (Å²) < 4.78 is 22.5. The van der Waals surface area contributed by atoms with E-state index in [0.29, 0.717) is 12.5 Å². The maximum absolute atomic E-state index is 11.7. The molecule has 0 fully saturated rings. The minimum atomic E-state index is -3.70. The smallest absolute Gasteiger partial charge is 0.241 e. The molecule has 1 atom stereocenters. The molecule has 0 radical (unpaired) electrons. The zero-order valence-corrected chi connectivity index (χ0v) is 18.7. The van der Waals surface area contributed by atoms with Crippen LogP contribution in [0, 0.1) is 0 Å². The van der Waals surface area contributed by atoms with Crippen LogP contribution >= 0.6 is 24.0 Å². The van der Waals surface area contributed by atoms with Crippen molar-refractivity contribution in [3.8, 4) is 0 Å². The van der Waals surface area contributed by atoms with E-state index in [1.54, 1.807) is 26.2 Å². The maximum atomic E-state index is 11.7. The Labute approximate surface area is 172 Å². The first-order chi connectivity index (χ1) is 11.6. The number of guanidine groups is 1. The number of amides is 1. The van der Waals surface area contributed by atoms with Gasteiger partial charge in [-0.25, -0.2) is 18.5 Å². The standard InChI is InChI=1S/C16H27N5O3S.HI/c1-5-12(2)20-16(19-11-15(22)21(3)4)18-10-13-6-8-14(9-7-13)25(17,23)24;/h6-9,12H,5,10-11H2,1-4H3,(H2,17,23,24)(H2,18,19,20);1H. The largest absolute Gasteiger partial charge is 0.354 e. The van der Waals surface area contributed by atoms with Gasteiger partial charge in [-0.3, -0.25) is 4.79 Å². The highest BCUT2D eigenvalue weighted by Gasteiger charge is 2.09. The summed E-state index contributed by atoms with van der Waals surface area (Å²) in [6.45, 7) is 4.55. The number of nitrogens with one attached hydrogen (secondary N) is 2. The van der Waals surface area contributed by atoms with Crippen LogP contribution in [-0.4, -0.2) is 51.9 Å². The fraction of sp³-hybridized carbons (Fsp3) is 0.500. The fourth-order valence-electron chi connectivity index (χ4n) is 1.76. The summed E-state index contributed by atoms with van der Waals surface area (Å²) in [6.07, 6.45) is 0.908. The minimum absolute atomic E-state index is 0. The van der Waals surface area contributed by atoms with Gasteiger partial charge in [-0.15, -0.1) is 24.0 Å². The third-order valence-electron chi connectivity index (χ3n) is 3.57. The average molecular weight is 497 g/mol. The van der Waals surface area contributed by atoms with Crippen LogP contribution in [0.1, 0.15) is 25.8 Å². The van der Waals surface area contributed by atoms with Gasteiger partial charge in [0.1, 0.15) is 0 Å². The van der Waals surface area contributed by atoms with Gasteiger partial charge in [-0.05, 0) is 31.0 Å². The summed E-state index contributed by atoms with van der Waals surface area (Å²) in [5.74, 6) is 0.469. The first-order valence-electron chi connectivity index (χ1n) is 8.00. The fourth-order valence-corrected chi connectivity index (χ4v) is 2.28. The second-order valence-electron chi connectivity index (χ2n) is 5.95. The molecule has 1 aromatic rings. The van der Waals surface area contributed by atoms with Crippen molar-refractivity contribution in [2.45, 2.75) is 37.8 Å². The van der Waals surface area contributed by atoms with Gasteiger partial charge in [0.25, 0.3) is 0 Å². The molecule has 1 amide bonds. The Hall–Kier alpha value is -1.40. The molecule has 0 aliphatic heterocycles. The molecule has 0 spiro atoms. The summed E-state index contributed by atoms with van der Waals surface area (Å²) in [4.78, 5) is 17.7. The third kappa shape index (κ3) is 8.81. The van der Waals surface area contributed by atoms with E-state index in [-0.39, 0.29) is 47.4 Å². The number of aliphatic imine (C=N–C) groups is 1. The van der Waals surface area contributed by atoms with E-state index in [4.69, 9.17) is 5.14 Å². The van der Waals surface area contributed by atoms with E-state index in [0.717, 1.165) is 12.0 Å². The lowest BCUT2D eigenvalue weighted by Gasteiger charge is -2.18. The van der Waals surface area contributed by atoms with E-state index >= 15 is 0 Å². The molecule has 1 rings (SSSR count). The number of nitrogens with zero attached hydrogens (tertiary/aromatic N) is 2. The van der Waals surface area contributed by atoms with Crippen molar-refractivity contribution in [3.63, 3.8) is 0 Å². The molecule has 0 aliphatic rings. The number of benzene rings is 1. The summed E-state index contributed by atoms with van der Waals surface area (Å²) in [5.41, 5.74) is 0.830. The molecule has 0 saturated carbocycles. The molecule has 4 N–H and O–H groups in total. The predicted octanol–water partition coefficient (Wildman–Crippen LogP) is 0.874. The normalized spacial score (nSPS) is 12.7. The average Bonchev–Trinajstić information content (AvgIpc) is 2.56. The second kappa shape index (κ2) is 11.3. The first-order valence-corrected chi connectivity index (χ1v) is 9.54. The topological polar surface area (TPSA) is 117 Å². The summed E-state index contributed by atoms with van der Waals surface area (Å²) in [5, 5.41) is 11.3. The van der Waals surface area contributed by atoms with Gasteiger partial charge in [-0.2, -0.15) is 0 Å². The number of rotatable bonds is 7. The Kier molecular flexibility index (Phi) is 10.7. The van der Waals surface area contributed by atoms with Crippen molar-refractivity contribution < 1.29 is 13.2 Å². The number of hydrogen-bond donors (Lipinski definition) is 3. The van der Waals surface area contributed by atoms with Crippen LogP contribution in [-0.2, 0) is 21.4 Å². The highest BCUT2D eigenvalue weighted by atomic mass is 127. The van der Waals surface area contributed by atoms with E-state index in [1.807, 2.05) is 13.8 Å². The molecule has 1 unspecified atom stereocenters. The number of carbonyl (C=O) groups excluding carboxylic acids is 1. The molecule has 26 heavy (non-hydrogen) atoms. The summed E-state index contributed by atoms with van der Waals surface area (Å²) in [7, 11) is -0.318. The number of likely N-dealkylation sites (N-methyl/N-ethyl adjacent to an activating group) is 1. The Bertz CT molecular complexity index is 705. The van der Waals surface area contributed by atoms with Crippen molar-refractivity contribution in [1.82, 2.24) is 15.5 Å². The molecular formula is C16H28IN5O3S. The van der Waals surface area contributed by atoms with E-state index in [9.17, 15) is 13.2 Å². The maximum Gasteiger partial charge on any atom is 0.241 e. The molecule has 1 aromatic carbocycles. The zero-order valence-electron chi connectivity index (χ0n) is 15.5. The molecule has 0 heterocycles. The SMILES string of the molecule is CCC(C)NC(=NCc1ccc(S(N)(=O)=O)cc1)NCC(=O)N(C)C.I. The number of nitrogens with two attached hydrogens (primary N) is 1.